The highest BCUT2D eigenvalue weighted by molar-refractivity contribution is 14.1. The molecule has 3 aromatic carbocycles. The Hall–Kier alpha value is -2.07. The Morgan fingerprint density at radius 2 is 1.46 bits per heavy atom. The molecule has 24 heavy (non-hydrogen) atoms. The smallest absolute Gasteiger partial charge is 0.0136 e. The van der Waals surface area contributed by atoms with Gasteiger partial charge in [0.1, 0.15) is 0 Å². The molecule has 120 valence electrons. The minimum Gasteiger partial charge on any atom is -0.872 e. The van der Waals surface area contributed by atoms with Crippen molar-refractivity contribution in [3.05, 3.63) is 99.1 Å². The van der Waals surface area contributed by atoms with Crippen LogP contribution in [0.1, 0.15) is 30.0 Å². The van der Waals surface area contributed by atoms with Gasteiger partial charge < -0.3 is 5.11 Å². The largest absolute Gasteiger partial charge is 0.872 e. The lowest BCUT2D eigenvalue weighted by Gasteiger charge is -2.17. The van der Waals surface area contributed by atoms with E-state index in [0.717, 1.165) is 12.0 Å². The Bertz CT molecular complexity index is 849. The highest BCUT2D eigenvalue weighted by Crippen LogP contribution is 2.35. The minimum absolute atomic E-state index is 0.0403. The lowest BCUT2D eigenvalue weighted by atomic mass is 9.88. The fraction of sp³-hybridized carbons (Fsp3) is 0.0909. The fourth-order valence-electron chi connectivity index (χ4n) is 2.95. The van der Waals surface area contributed by atoms with Crippen molar-refractivity contribution in [1.82, 2.24) is 0 Å². The highest BCUT2D eigenvalue weighted by Gasteiger charge is 2.12. The first kappa shape index (κ1) is 16.8. The van der Waals surface area contributed by atoms with Crippen LogP contribution < -0.4 is 5.11 Å². The molecular formula is C22H18IO-. The van der Waals surface area contributed by atoms with Crippen molar-refractivity contribution >= 4 is 33.7 Å². The van der Waals surface area contributed by atoms with Crippen molar-refractivity contribution in [3.63, 3.8) is 0 Å². The zero-order valence-electron chi connectivity index (χ0n) is 13.5. The van der Waals surface area contributed by atoms with Crippen LogP contribution in [0.25, 0.3) is 11.1 Å². The highest BCUT2D eigenvalue weighted by atomic mass is 127. The van der Waals surface area contributed by atoms with Crippen molar-refractivity contribution in [2.45, 2.75) is 13.3 Å². The van der Waals surface area contributed by atoms with E-state index in [1.54, 1.807) is 12.1 Å². The summed E-state index contributed by atoms with van der Waals surface area (Å²) >= 11 is 2.34. The molecule has 0 aliphatic rings. The molecule has 0 aliphatic heterocycles. The van der Waals surface area contributed by atoms with Crippen LogP contribution in [0, 0.1) is 3.57 Å². The molecule has 0 heterocycles. The molecule has 0 amide bonds. The van der Waals surface area contributed by atoms with E-state index in [1.807, 2.05) is 18.2 Å². The summed E-state index contributed by atoms with van der Waals surface area (Å²) in [7, 11) is 0. The molecule has 0 saturated carbocycles. The first-order chi connectivity index (χ1) is 11.7. The molecule has 0 aromatic heterocycles. The summed E-state index contributed by atoms with van der Waals surface area (Å²) in [6, 6.07) is 26.1. The van der Waals surface area contributed by atoms with E-state index in [4.69, 9.17) is 0 Å². The first-order valence-corrected chi connectivity index (χ1v) is 9.09. The quantitative estimate of drug-likeness (QED) is 0.387. The summed E-state index contributed by atoms with van der Waals surface area (Å²) in [4.78, 5) is 0. The second-order valence-electron chi connectivity index (χ2n) is 5.61. The zero-order chi connectivity index (χ0) is 16.9. The third-order valence-corrected chi connectivity index (χ3v) is 4.70. The zero-order valence-corrected chi connectivity index (χ0v) is 15.7. The van der Waals surface area contributed by atoms with Gasteiger partial charge >= 0.3 is 0 Å². The summed E-state index contributed by atoms with van der Waals surface area (Å²) in [5.41, 5.74) is 5.97. The van der Waals surface area contributed by atoms with Crippen LogP contribution in [0.15, 0.2) is 78.9 Å². The molecule has 0 unspecified atom stereocenters. The van der Waals surface area contributed by atoms with Crippen LogP contribution in [0.3, 0.4) is 0 Å². The maximum atomic E-state index is 11.5. The van der Waals surface area contributed by atoms with Crippen molar-refractivity contribution in [1.29, 1.82) is 0 Å². The van der Waals surface area contributed by atoms with Gasteiger partial charge in [0.05, 0.1) is 0 Å². The van der Waals surface area contributed by atoms with E-state index in [-0.39, 0.29) is 5.75 Å². The molecule has 0 bridgehead atoms. The topological polar surface area (TPSA) is 23.1 Å². The Morgan fingerprint density at radius 3 is 2.08 bits per heavy atom. The van der Waals surface area contributed by atoms with Gasteiger partial charge in [0.15, 0.2) is 0 Å². The predicted octanol–water partition coefficient (Wildman–Crippen LogP) is 5.73. The molecule has 0 spiro atoms. The lowest BCUT2D eigenvalue weighted by Crippen LogP contribution is -1.96. The Balaban J connectivity index is 2.28. The molecule has 0 N–H and O–H groups in total. The van der Waals surface area contributed by atoms with E-state index >= 15 is 0 Å². The standard InChI is InChI=1S/C22H19IO/c1-2-21(16-7-4-3-5-8-16)22(17-11-13-20(24)14-12-17)18-9-6-10-19(23)15-18/h3-15,24H,2H2,1H3/p-1/b22-21+. The summed E-state index contributed by atoms with van der Waals surface area (Å²) in [5, 5.41) is 11.5. The van der Waals surface area contributed by atoms with Crippen LogP contribution >= 0.6 is 22.6 Å². The minimum atomic E-state index is 0.0403. The van der Waals surface area contributed by atoms with E-state index in [9.17, 15) is 5.11 Å². The number of rotatable bonds is 4. The van der Waals surface area contributed by atoms with E-state index in [2.05, 4.69) is 78.0 Å². The van der Waals surface area contributed by atoms with Crippen LogP contribution in [-0.2, 0) is 0 Å². The average Bonchev–Trinajstić information content (AvgIpc) is 2.61. The third-order valence-electron chi connectivity index (χ3n) is 4.03. The normalized spacial score (nSPS) is 11.9. The molecule has 0 saturated heterocycles. The van der Waals surface area contributed by atoms with E-state index in [1.165, 1.54) is 25.8 Å². The van der Waals surface area contributed by atoms with Gasteiger partial charge in [-0.15, -0.1) is 5.75 Å². The van der Waals surface area contributed by atoms with Crippen LogP contribution in [0.2, 0.25) is 0 Å². The molecule has 3 aromatic rings. The van der Waals surface area contributed by atoms with Crippen molar-refractivity contribution in [2.75, 3.05) is 0 Å². The molecule has 0 radical (unpaired) electrons. The average molecular weight is 425 g/mol. The van der Waals surface area contributed by atoms with Crippen molar-refractivity contribution in [2.24, 2.45) is 0 Å². The van der Waals surface area contributed by atoms with Crippen molar-refractivity contribution < 1.29 is 5.11 Å². The first-order valence-electron chi connectivity index (χ1n) is 8.01. The van der Waals surface area contributed by atoms with Gasteiger partial charge in [-0.3, -0.25) is 0 Å². The maximum absolute atomic E-state index is 11.5. The van der Waals surface area contributed by atoms with Gasteiger partial charge in [-0.2, -0.15) is 0 Å². The van der Waals surface area contributed by atoms with E-state index < -0.39 is 0 Å². The van der Waals surface area contributed by atoms with E-state index in [0.29, 0.717) is 0 Å². The van der Waals surface area contributed by atoms with Crippen LogP contribution in [-0.4, -0.2) is 0 Å². The predicted molar refractivity (Wildman–Crippen MR) is 108 cm³/mol. The molecule has 2 heteroatoms. The SMILES string of the molecule is CC/C(=C(/c1ccc([O-])cc1)c1cccc(I)c1)c1ccccc1. The van der Waals surface area contributed by atoms with Gasteiger partial charge in [-0.05, 0) is 69.0 Å². The second kappa shape index (κ2) is 7.67. The number of hydrogen-bond acceptors (Lipinski definition) is 1. The lowest BCUT2D eigenvalue weighted by molar-refractivity contribution is -0.268. The number of benzene rings is 3. The van der Waals surface area contributed by atoms with Crippen LogP contribution in [0.5, 0.6) is 5.75 Å². The van der Waals surface area contributed by atoms with Crippen LogP contribution in [0.4, 0.5) is 0 Å². The number of hydrogen-bond donors (Lipinski definition) is 0. The third kappa shape index (κ3) is 3.70. The molecule has 3 rings (SSSR count). The fourth-order valence-corrected chi connectivity index (χ4v) is 3.49. The number of halogens is 1. The maximum Gasteiger partial charge on any atom is 0.0136 e. The van der Waals surface area contributed by atoms with Gasteiger partial charge in [-0.1, -0.05) is 73.7 Å². The summed E-state index contributed by atoms with van der Waals surface area (Å²) < 4.78 is 1.20. The van der Waals surface area contributed by atoms with Gasteiger partial charge in [0.25, 0.3) is 0 Å². The second-order valence-corrected chi connectivity index (χ2v) is 6.85. The van der Waals surface area contributed by atoms with Gasteiger partial charge in [0.2, 0.25) is 0 Å². The molecule has 0 aliphatic carbocycles. The Kier molecular flexibility index (Phi) is 5.36. The molecule has 1 nitrogen and oxygen atoms in total. The van der Waals surface area contributed by atoms with Crippen molar-refractivity contribution in [3.8, 4) is 5.75 Å². The Labute approximate surface area is 156 Å². The summed E-state index contributed by atoms with van der Waals surface area (Å²) in [6.45, 7) is 2.18. The molecule has 0 fully saturated rings. The van der Waals surface area contributed by atoms with Gasteiger partial charge in [-0.25, -0.2) is 0 Å². The Morgan fingerprint density at radius 1 is 0.792 bits per heavy atom. The summed E-state index contributed by atoms with van der Waals surface area (Å²) in [5.74, 6) is 0.0403. The molecular weight excluding hydrogens is 407 g/mol. The van der Waals surface area contributed by atoms with Gasteiger partial charge in [0, 0.05) is 3.57 Å². The number of allylic oxidation sites excluding steroid dienone is 1. The molecule has 0 atom stereocenters. The summed E-state index contributed by atoms with van der Waals surface area (Å²) in [6.07, 6.45) is 0.921. The monoisotopic (exact) mass is 425 g/mol.